The van der Waals surface area contributed by atoms with Gasteiger partial charge in [-0.1, -0.05) is 24.6 Å². The SMILES string of the molecule is CCCNC(Cc1cc(C)nn1C)c1ccc(Br)c(Cl)c1. The average Bonchev–Trinajstić information content (AvgIpc) is 2.76. The van der Waals surface area contributed by atoms with E-state index in [1.807, 2.05) is 30.8 Å². The third-order valence-electron chi connectivity index (χ3n) is 3.50. The largest absolute Gasteiger partial charge is 0.310 e. The highest BCUT2D eigenvalue weighted by molar-refractivity contribution is 9.10. The minimum absolute atomic E-state index is 0.241. The van der Waals surface area contributed by atoms with Gasteiger partial charge in [-0.25, -0.2) is 0 Å². The molecule has 0 radical (unpaired) electrons. The van der Waals surface area contributed by atoms with Gasteiger partial charge in [-0.2, -0.15) is 5.10 Å². The van der Waals surface area contributed by atoms with E-state index in [0.717, 1.165) is 34.6 Å². The van der Waals surface area contributed by atoms with Gasteiger partial charge in [0.2, 0.25) is 0 Å². The van der Waals surface area contributed by atoms with Crippen LogP contribution >= 0.6 is 27.5 Å². The molecule has 0 aliphatic rings. The molecule has 5 heteroatoms. The van der Waals surface area contributed by atoms with E-state index in [-0.39, 0.29) is 6.04 Å². The molecule has 1 aromatic carbocycles. The summed E-state index contributed by atoms with van der Waals surface area (Å²) in [6.07, 6.45) is 2.00. The van der Waals surface area contributed by atoms with E-state index < -0.39 is 0 Å². The highest BCUT2D eigenvalue weighted by Gasteiger charge is 2.15. The number of benzene rings is 1. The number of aryl methyl sites for hydroxylation is 2. The smallest absolute Gasteiger partial charge is 0.0596 e. The molecule has 0 aliphatic heterocycles. The van der Waals surface area contributed by atoms with Crippen LogP contribution in [0.2, 0.25) is 5.02 Å². The van der Waals surface area contributed by atoms with Crippen LogP contribution in [0.1, 0.15) is 36.3 Å². The third kappa shape index (κ3) is 4.31. The molecule has 1 heterocycles. The standard InChI is InChI=1S/C16H21BrClN3/c1-4-7-19-16(10-13-8-11(2)20-21(13)3)12-5-6-14(17)15(18)9-12/h5-6,8-9,16,19H,4,7,10H2,1-3H3. The maximum Gasteiger partial charge on any atom is 0.0596 e. The fraction of sp³-hybridized carbons (Fsp3) is 0.438. The summed E-state index contributed by atoms with van der Waals surface area (Å²) in [6, 6.07) is 8.54. The van der Waals surface area contributed by atoms with Gasteiger partial charge in [-0.3, -0.25) is 4.68 Å². The van der Waals surface area contributed by atoms with Gasteiger partial charge in [0.05, 0.1) is 10.7 Å². The number of aromatic nitrogens is 2. The molecule has 21 heavy (non-hydrogen) atoms. The molecule has 0 amide bonds. The van der Waals surface area contributed by atoms with Gasteiger partial charge in [-0.15, -0.1) is 0 Å². The molecule has 2 rings (SSSR count). The summed E-state index contributed by atoms with van der Waals surface area (Å²) in [5, 5.41) is 8.77. The van der Waals surface area contributed by atoms with E-state index in [9.17, 15) is 0 Å². The number of hydrogen-bond donors (Lipinski definition) is 1. The molecular weight excluding hydrogens is 350 g/mol. The zero-order chi connectivity index (χ0) is 15.4. The van der Waals surface area contributed by atoms with Crippen LogP contribution < -0.4 is 5.32 Å². The lowest BCUT2D eigenvalue weighted by Crippen LogP contribution is -2.25. The summed E-state index contributed by atoms with van der Waals surface area (Å²) in [7, 11) is 1.99. The zero-order valence-electron chi connectivity index (χ0n) is 12.7. The zero-order valence-corrected chi connectivity index (χ0v) is 15.0. The molecular formula is C16H21BrClN3. The summed E-state index contributed by atoms with van der Waals surface area (Å²) in [4.78, 5) is 0. The Bertz CT molecular complexity index is 610. The minimum Gasteiger partial charge on any atom is -0.310 e. The van der Waals surface area contributed by atoms with Crippen LogP contribution in [0.4, 0.5) is 0 Å². The maximum atomic E-state index is 6.24. The maximum absolute atomic E-state index is 6.24. The van der Waals surface area contributed by atoms with Crippen LogP contribution in [0.25, 0.3) is 0 Å². The minimum atomic E-state index is 0.241. The molecule has 0 saturated carbocycles. The van der Waals surface area contributed by atoms with Crippen molar-refractivity contribution in [2.45, 2.75) is 32.7 Å². The summed E-state index contributed by atoms with van der Waals surface area (Å²) < 4.78 is 2.88. The second-order valence-corrected chi connectivity index (χ2v) is 6.55. The molecule has 1 unspecified atom stereocenters. The monoisotopic (exact) mass is 369 g/mol. The van der Waals surface area contributed by atoms with Gasteiger partial charge >= 0.3 is 0 Å². The Labute approximate surface area is 139 Å². The molecule has 0 saturated heterocycles. The Hall–Kier alpha value is -0.840. The average molecular weight is 371 g/mol. The molecule has 0 spiro atoms. The molecule has 0 aliphatic carbocycles. The fourth-order valence-electron chi connectivity index (χ4n) is 2.42. The Morgan fingerprint density at radius 1 is 1.38 bits per heavy atom. The lowest BCUT2D eigenvalue weighted by molar-refractivity contribution is 0.512. The van der Waals surface area contributed by atoms with E-state index >= 15 is 0 Å². The number of nitrogens with zero attached hydrogens (tertiary/aromatic N) is 2. The first kappa shape index (κ1) is 16.5. The quantitative estimate of drug-likeness (QED) is 0.815. The van der Waals surface area contributed by atoms with Crippen LogP contribution in [0, 0.1) is 6.92 Å². The predicted molar refractivity (Wildman–Crippen MR) is 91.8 cm³/mol. The van der Waals surface area contributed by atoms with E-state index in [1.165, 1.54) is 11.3 Å². The topological polar surface area (TPSA) is 29.9 Å². The van der Waals surface area contributed by atoms with Crippen molar-refractivity contribution in [3.05, 3.63) is 50.7 Å². The molecule has 114 valence electrons. The molecule has 3 nitrogen and oxygen atoms in total. The molecule has 1 aromatic heterocycles. The number of rotatable bonds is 6. The van der Waals surface area contributed by atoms with Crippen molar-refractivity contribution in [2.24, 2.45) is 7.05 Å². The van der Waals surface area contributed by atoms with Crippen molar-refractivity contribution in [3.63, 3.8) is 0 Å². The highest BCUT2D eigenvalue weighted by atomic mass is 79.9. The second-order valence-electron chi connectivity index (χ2n) is 5.29. The Kier molecular flexibility index (Phi) is 5.85. The van der Waals surface area contributed by atoms with E-state index in [1.54, 1.807) is 0 Å². The summed E-state index contributed by atoms with van der Waals surface area (Å²) in [5.41, 5.74) is 3.48. The summed E-state index contributed by atoms with van der Waals surface area (Å²) in [5.74, 6) is 0. The molecule has 2 aromatic rings. The van der Waals surface area contributed by atoms with Crippen LogP contribution in [-0.2, 0) is 13.5 Å². The van der Waals surface area contributed by atoms with Gasteiger partial charge in [0, 0.05) is 29.7 Å². The number of nitrogens with one attached hydrogen (secondary N) is 1. The van der Waals surface area contributed by atoms with E-state index in [0.29, 0.717) is 0 Å². The van der Waals surface area contributed by atoms with Crippen molar-refractivity contribution in [2.75, 3.05) is 6.54 Å². The van der Waals surface area contributed by atoms with Gasteiger partial charge in [0.1, 0.15) is 0 Å². The third-order valence-corrected chi connectivity index (χ3v) is 4.73. The normalized spacial score (nSPS) is 12.6. The predicted octanol–water partition coefficient (Wildman–Crippen LogP) is 4.43. The Morgan fingerprint density at radius 3 is 2.71 bits per heavy atom. The first-order chi connectivity index (χ1) is 10.0. The van der Waals surface area contributed by atoms with Gasteiger partial charge in [-0.05, 0) is 59.6 Å². The number of hydrogen-bond acceptors (Lipinski definition) is 2. The Morgan fingerprint density at radius 2 is 2.14 bits per heavy atom. The van der Waals surface area contributed by atoms with Gasteiger partial charge < -0.3 is 5.32 Å². The second kappa shape index (κ2) is 7.43. The van der Waals surface area contributed by atoms with Crippen molar-refractivity contribution >= 4 is 27.5 Å². The van der Waals surface area contributed by atoms with Gasteiger partial charge in [0.15, 0.2) is 0 Å². The van der Waals surface area contributed by atoms with E-state index in [4.69, 9.17) is 11.6 Å². The van der Waals surface area contributed by atoms with Gasteiger partial charge in [0.25, 0.3) is 0 Å². The number of halogens is 2. The molecule has 0 fully saturated rings. The molecule has 1 N–H and O–H groups in total. The van der Waals surface area contributed by atoms with Crippen molar-refractivity contribution < 1.29 is 0 Å². The van der Waals surface area contributed by atoms with Crippen molar-refractivity contribution in [3.8, 4) is 0 Å². The Balaban J connectivity index is 2.24. The highest BCUT2D eigenvalue weighted by Crippen LogP contribution is 2.27. The lowest BCUT2D eigenvalue weighted by atomic mass is 10.0. The lowest BCUT2D eigenvalue weighted by Gasteiger charge is -2.19. The van der Waals surface area contributed by atoms with Crippen LogP contribution in [0.3, 0.4) is 0 Å². The molecule has 0 bridgehead atoms. The summed E-state index contributed by atoms with van der Waals surface area (Å²) in [6.45, 7) is 5.18. The summed E-state index contributed by atoms with van der Waals surface area (Å²) >= 11 is 9.68. The van der Waals surface area contributed by atoms with E-state index in [2.05, 4.69) is 45.4 Å². The van der Waals surface area contributed by atoms with Crippen molar-refractivity contribution in [1.29, 1.82) is 0 Å². The van der Waals surface area contributed by atoms with Crippen molar-refractivity contribution in [1.82, 2.24) is 15.1 Å². The van der Waals surface area contributed by atoms with Crippen LogP contribution in [0.15, 0.2) is 28.7 Å². The molecule has 1 atom stereocenters. The fourth-order valence-corrected chi connectivity index (χ4v) is 2.86. The van der Waals surface area contributed by atoms with Crippen LogP contribution in [-0.4, -0.2) is 16.3 Å². The van der Waals surface area contributed by atoms with Crippen LogP contribution in [0.5, 0.6) is 0 Å². The first-order valence-corrected chi connectivity index (χ1v) is 8.36. The first-order valence-electron chi connectivity index (χ1n) is 7.19.